The summed E-state index contributed by atoms with van der Waals surface area (Å²) in [5, 5.41) is 41.3. The van der Waals surface area contributed by atoms with E-state index in [4.69, 9.17) is 25.8 Å². The Morgan fingerprint density at radius 1 is 1.03 bits per heavy atom. The molecule has 1 saturated heterocycles. The van der Waals surface area contributed by atoms with Crippen molar-refractivity contribution in [3.05, 3.63) is 64.2 Å². The van der Waals surface area contributed by atoms with E-state index in [0.717, 1.165) is 29.7 Å². The van der Waals surface area contributed by atoms with E-state index in [1.165, 1.54) is 20.0 Å². The first-order valence-corrected chi connectivity index (χ1v) is 11.7. The van der Waals surface area contributed by atoms with Crippen LogP contribution >= 0.6 is 11.6 Å². The monoisotopic (exact) mass is 478 g/mol. The minimum absolute atomic E-state index is 0.297. The van der Waals surface area contributed by atoms with Crippen molar-refractivity contribution in [3.8, 4) is 5.75 Å². The van der Waals surface area contributed by atoms with Crippen LogP contribution in [0.4, 0.5) is 0 Å². The Morgan fingerprint density at radius 2 is 1.73 bits per heavy atom. The number of hydrogen-bond acceptors (Lipinski definition) is 7. The number of halogens is 1. The second-order valence-electron chi connectivity index (χ2n) is 8.79. The van der Waals surface area contributed by atoms with Crippen LogP contribution in [0.5, 0.6) is 5.75 Å². The van der Waals surface area contributed by atoms with Crippen molar-refractivity contribution in [2.45, 2.75) is 68.4 Å². The van der Waals surface area contributed by atoms with E-state index in [-0.39, 0.29) is 0 Å². The summed E-state index contributed by atoms with van der Waals surface area (Å²) in [5.74, 6) is -0.921. The third-order valence-corrected chi connectivity index (χ3v) is 6.99. The highest BCUT2D eigenvalue weighted by Gasteiger charge is 2.55. The Hall–Kier alpha value is -1.71. The van der Waals surface area contributed by atoms with Crippen LogP contribution in [0.25, 0.3) is 0 Å². The summed E-state index contributed by atoms with van der Waals surface area (Å²) in [7, 11) is 1.33. The number of ether oxygens (including phenoxy) is 3. The van der Waals surface area contributed by atoms with Gasteiger partial charge in [0.25, 0.3) is 0 Å². The Morgan fingerprint density at radius 3 is 2.36 bits per heavy atom. The van der Waals surface area contributed by atoms with Crippen molar-refractivity contribution in [1.29, 1.82) is 0 Å². The molecule has 1 saturated carbocycles. The van der Waals surface area contributed by atoms with Crippen LogP contribution in [-0.2, 0) is 21.7 Å². The smallest absolute Gasteiger partial charge is 0.224 e. The first kappa shape index (κ1) is 24.4. The Kier molecular flexibility index (Phi) is 7.60. The normalized spacial score (nSPS) is 30.5. The van der Waals surface area contributed by atoms with Crippen LogP contribution in [0.15, 0.2) is 42.5 Å². The quantitative estimate of drug-likeness (QED) is 0.484. The molecule has 0 radical (unpaired) electrons. The van der Waals surface area contributed by atoms with Crippen LogP contribution in [0.2, 0.25) is 5.02 Å². The van der Waals surface area contributed by atoms with Gasteiger partial charge < -0.3 is 34.6 Å². The van der Waals surface area contributed by atoms with E-state index in [1.807, 2.05) is 24.3 Å². The van der Waals surface area contributed by atoms with Crippen LogP contribution < -0.4 is 4.74 Å². The molecule has 4 N–H and O–H groups in total. The molecular weight excluding hydrogens is 448 g/mol. The fraction of sp³-hybridized carbons (Fsp3) is 0.520. The van der Waals surface area contributed by atoms with Gasteiger partial charge >= 0.3 is 0 Å². The zero-order valence-corrected chi connectivity index (χ0v) is 19.3. The Bertz CT molecular complexity index is 929. The van der Waals surface area contributed by atoms with Gasteiger partial charge in [-0.25, -0.2) is 0 Å². The number of hydrogen-bond donors (Lipinski definition) is 4. The molecule has 1 aliphatic heterocycles. The molecule has 0 bridgehead atoms. The highest BCUT2D eigenvalue weighted by molar-refractivity contribution is 6.31. The minimum atomic E-state index is -1.77. The zero-order valence-electron chi connectivity index (χ0n) is 18.6. The maximum Gasteiger partial charge on any atom is 0.224 e. The van der Waals surface area contributed by atoms with Crippen LogP contribution in [0.3, 0.4) is 0 Å². The molecule has 7 nitrogen and oxygen atoms in total. The topological polar surface area (TPSA) is 109 Å². The Labute approximate surface area is 198 Å². The molecule has 0 aromatic heterocycles. The summed E-state index contributed by atoms with van der Waals surface area (Å²) in [6.45, 7) is -0.550. The molecule has 0 unspecified atom stereocenters. The largest absolute Gasteiger partial charge is 0.490 e. The van der Waals surface area contributed by atoms with Gasteiger partial charge in [0.2, 0.25) is 5.79 Å². The second kappa shape index (κ2) is 10.3. The van der Waals surface area contributed by atoms with Crippen molar-refractivity contribution in [3.63, 3.8) is 0 Å². The molecule has 2 aromatic carbocycles. The molecule has 8 heteroatoms. The van der Waals surface area contributed by atoms with Gasteiger partial charge in [-0.05, 0) is 67.5 Å². The number of aliphatic hydroxyl groups excluding tert-OH is 4. The van der Waals surface area contributed by atoms with Gasteiger partial charge in [-0.3, -0.25) is 0 Å². The lowest BCUT2D eigenvalue weighted by atomic mass is 9.87. The summed E-state index contributed by atoms with van der Waals surface area (Å²) < 4.78 is 17.4. The average Bonchev–Trinajstić information content (AvgIpc) is 3.34. The molecule has 5 atom stereocenters. The van der Waals surface area contributed by atoms with Gasteiger partial charge in [0, 0.05) is 17.7 Å². The standard InChI is InChI=1S/C25H31ClO7/c1-31-25(24(30)23(29)22(28)21(14-27)33-25)17-8-11-20(26)16(13-17)12-15-6-9-19(10-7-15)32-18-4-2-3-5-18/h6-11,13,18,21-24,27-30H,2-5,12,14H2,1H3/t21-,22-,23+,24-,25+/m1/s1. The molecule has 1 heterocycles. The third-order valence-electron chi connectivity index (χ3n) is 6.62. The lowest BCUT2D eigenvalue weighted by Gasteiger charge is -2.47. The third kappa shape index (κ3) is 4.91. The van der Waals surface area contributed by atoms with Gasteiger partial charge in [0.15, 0.2) is 0 Å². The summed E-state index contributed by atoms with van der Waals surface area (Å²) >= 11 is 6.46. The van der Waals surface area contributed by atoms with E-state index in [0.29, 0.717) is 23.1 Å². The van der Waals surface area contributed by atoms with Gasteiger partial charge in [0.1, 0.15) is 30.2 Å². The maximum absolute atomic E-state index is 10.7. The molecular formula is C25H31ClO7. The number of benzene rings is 2. The number of aliphatic hydroxyl groups is 4. The maximum atomic E-state index is 10.7. The van der Waals surface area contributed by atoms with Crippen molar-refractivity contribution >= 4 is 11.6 Å². The summed E-state index contributed by atoms with van der Waals surface area (Å²) in [6, 6.07) is 13.0. The zero-order chi connectivity index (χ0) is 23.6. The van der Waals surface area contributed by atoms with E-state index in [1.54, 1.807) is 18.2 Å². The van der Waals surface area contributed by atoms with Gasteiger partial charge in [0.05, 0.1) is 12.7 Å². The van der Waals surface area contributed by atoms with Crippen molar-refractivity contribution < 1.29 is 34.6 Å². The van der Waals surface area contributed by atoms with Crippen LogP contribution in [0, 0.1) is 0 Å². The minimum Gasteiger partial charge on any atom is -0.490 e. The predicted molar refractivity (Wildman–Crippen MR) is 122 cm³/mol. The molecule has 180 valence electrons. The summed E-state index contributed by atoms with van der Waals surface area (Å²) in [5.41, 5.74) is 2.21. The van der Waals surface area contributed by atoms with Crippen molar-refractivity contribution in [2.24, 2.45) is 0 Å². The van der Waals surface area contributed by atoms with E-state index < -0.39 is 36.8 Å². The molecule has 0 spiro atoms. The highest BCUT2D eigenvalue weighted by Crippen LogP contribution is 2.40. The van der Waals surface area contributed by atoms with Crippen LogP contribution in [-0.4, -0.2) is 64.7 Å². The van der Waals surface area contributed by atoms with E-state index in [2.05, 4.69) is 0 Å². The fourth-order valence-electron chi connectivity index (χ4n) is 4.70. The molecule has 2 aromatic rings. The summed E-state index contributed by atoms with van der Waals surface area (Å²) in [6.07, 6.45) is -0.290. The van der Waals surface area contributed by atoms with E-state index >= 15 is 0 Å². The summed E-state index contributed by atoms with van der Waals surface area (Å²) in [4.78, 5) is 0. The predicted octanol–water partition coefficient (Wildman–Crippen LogP) is 2.53. The second-order valence-corrected chi connectivity index (χ2v) is 9.19. The fourth-order valence-corrected chi connectivity index (χ4v) is 4.88. The molecule has 4 rings (SSSR count). The Balaban J connectivity index is 1.57. The number of rotatable bonds is 7. The average molecular weight is 479 g/mol. The molecule has 0 amide bonds. The van der Waals surface area contributed by atoms with Gasteiger partial charge in [-0.2, -0.15) is 0 Å². The van der Waals surface area contributed by atoms with Gasteiger partial charge in [-0.15, -0.1) is 0 Å². The first-order valence-electron chi connectivity index (χ1n) is 11.3. The van der Waals surface area contributed by atoms with Crippen molar-refractivity contribution in [1.82, 2.24) is 0 Å². The number of methoxy groups -OCH3 is 1. The molecule has 2 aliphatic rings. The van der Waals surface area contributed by atoms with E-state index in [9.17, 15) is 20.4 Å². The highest BCUT2D eigenvalue weighted by atomic mass is 35.5. The molecule has 33 heavy (non-hydrogen) atoms. The lowest BCUT2D eigenvalue weighted by Crippen LogP contribution is -2.64. The lowest BCUT2D eigenvalue weighted by molar-refractivity contribution is -0.366. The molecule has 1 aliphatic carbocycles. The van der Waals surface area contributed by atoms with Crippen molar-refractivity contribution in [2.75, 3.05) is 13.7 Å². The first-order chi connectivity index (χ1) is 15.9. The molecule has 2 fully saturated rings. The SMILES string of the molecule is CO[C@@]1(c2ccc(Cl)c(Cc3ccc(OC4CCCC4)cc3)c2)O[C@H](CO)[C@@H](O)[C@H](O)[C@H]1O. The van der Waals surface area contributed by atoms with Crippen LogP contribution in [0.1, 0.15) is 42.4 Å². The van der Waals surface area contributed by atoms with Gasteiger partial charge in [-0.1, -0.05) is 29.8 Å².